The maximum atomic E-state index is 3.94. The molecule has 1 aromatic rings. The summed E-state index contributed by atoms with van der Waals surface area (Å²) in [6.07, 6.45) is 4.24. The molecule has 2 unspecified atom stereocenters. The molecular formula is C16H22N2. The van der Waals surface area contributed by atoms with Gasteiger partial charge in [-0.3, -0.25) is 4.90 Å². The highest BCUT2D eigenvalue weighted by Gasteiger charge is 2.63. The van der Waals surface area contributed by atoms with Crippen molar-refractivity contribution in [2.75, 3.05) is 13.1 Å². The Bertz CT molecular complexity index is 438. The molecule has 1 aliphatic carbocycles. The van der Waals surface area contributed by atoms with Crippen molar-refractivity contribution in [3.63, 3.8) is 0 Å². The Morgan fingerprint density at radius 1 is 1.28 bits per heavy atom. The quantitative estimate of drug-likeness (QED) is 0.876. The largest absolute Gasteiger partial charge is 0.305 e. The van der Waals surface area contributed by atoms with Gasteiger partial charge in [0, 0.05) is 24.2 Å². The van der Waals surface area contributed by atoms with Gasteiger partial charge in [0.1, 0.15) is 0 Å². The van der Waals surface area contributed by atoms with E-state index in [1.807, 2.05) is 0 Å². The Kier molecular flexibility index (Phi) is 2.33. The summed E-state index contributed by atoms with van der Waals surface area (Å²) >= 11 is 0. The molecule has 2 aliphatic heterocycles. The molecule has 4 atom stereocenters. The fourth-order valence-corrected chi connectivity index (χ4v) is 4.25. The van der Waals surface area contributed by atoms with E-state index in [-0.39, 0.29) is 0 Å². The summed E-state index contributed by atoms with van der Waals surface area (Å²) < 4.78 is 0. The van der Waals surface area contributed by atoms with Gasteiger partial charge < -0.3 is 5.32 Å². The molecule has 2 nitrogen and oxygen atoms in total. The summed E-state index contributed by atoms with van der Waals surface area (Å²) in [6.45, 7) is 5.01. The lowest BCUT2D eigenvalue weighted by Gasteiger charge is -2.35. The second-order valence-corrected chi connectivity index (χ2v) is 6.38. The van der Waals surface area contributed by atoms with E-state index in [9.17, 15) is 0 Å². The van der Waals surface area contributed by atoms with Gasteiger partial charge in [-0.2, -0.15) is 0 Å². The van der Waals surface area contributed by atoms with Gasteiger partial charge in [-0.05, 0) is 44.2 Å². The number of rotatable bonds is 3. The molecule has 3 fully saturated rings. The van der Waals surface area contributed by atoms with Crippen molar-refractivity contribution in [2.45, 2.75) is 43.8 Å². The van der Waals surface area contributed by atoms with Crippen LogP contribution < -0.4 is 5.32 Å². The average Bonchev–Trinajstić information content (AvgIpc) is 2.95. The highest BCUT2D eigenvalue weighted by molar-refractivity contribution is 5.24. The molecule has 1 N–H and O–H groups in total. The zero-order chi connectivity index (χ0) is 12.2. The van der Waals surface area contributed by atoms with E-state index < -0.39 is 0 Å². The minimum absolute atomic E-state index is 0.481. The van der Waals surface area contributed by atoms with E-state index in [1.54, 1.807) is 0 Å². The third kappa shape index (κ3) is 1.49. The second-order valence-electron chi connectivity index (χ2n) is 6.38. The number of nitrogens with zero attached hydrogens (tertiary/aromatic N) is 1. The SMILES string of the molecule is C[C@@H](N[C@@H]1C2CCN(C2)C12CC2)c1ccccc1. The molecule has 4 rings (SSSR count). The third-order valence-electron chi connectivity index (χ3n) is 5.40. The molecule has 0 radical (unpaired) electrons. The van der Waals surface area contributed by atoms with Crippen molar-refractivity contribution in [2.24, 2.45) is 5.92 Å². The average molecular weight is 242 g/mol. The standard InChI is InChI=1S/C16H22N2/c1-12(13-5-3-2-4-6-13)17-15-14-7-10-18(11-14)16(15)8-9-16/h2-6,12,14-15,17H,7-11H2,1H3/t12-,14?,15-/m1/s1. The van der Waals surface area contributed by atoms with Gasteiger partial charge in [-0.15, -0.1) is 0 Å². The Morgan fingerprint density at radius 3 is 2.78 bits per heavy atom. The van der Waals surface area contributed by atoms with Crippen LogP contribution in [0.25, 0.3) is 0 Å². The maximum Gasteiger partial charge on any atom is 0.0367 e. The fourth-order valence-electron chi connectivity index (χ4n) is 4.25. The van der Waals surface area contributed by atoms with Gasteiger partial charge in [-0.25, -0.2) is 0 Å². The Hall–Kier alpha value is -0.860. The van der Waals surface area contributed by atoms with Crippen LogP contribution in [0.1, 0.15) is 37.8 Å². The van der Waals surface area contributed by atoms with Crippen molar-refractivity contribution >= 4 is 0 Å². The van der Waals surface area contributed by atoms with Crippen molar-refractivity contribution in [3.05, 3.63) is 35.9 Å². The molecule has 1 saturated carbocycles. The topological polar surface area (TPSA) is 15.3 Å². The second kappa shape index (κ2) is 3.82. The monoisotopic (exact) mass is 242 g/mol. The summed E-state index contributed by atoms with van der Waals surface area (Å²) in [5.74, 6) is 0.902. The molecule has 2 heteroatoms. The van der Waals surface area contributed by atoms with Gasteiger partial charge in [0.25, 0.3) is 0 Å². The van der Waals surface area contributed by atoms with E-state index in [0.29, 0.717) is 11.6 Å². The zero-order valence-electron chi connectivity index (χ0n) is 11.1. The van der Waals surface area contributed by atoms with Gasteiger partial charge >= 0.3 is 0 Å². The smallest absolute Gasteiger partial charge is 0.0367 e. The summed E-state index contributed by atoms with van der Waals surface area (Å²) in [5, 5.41) is 3.94. The molecule has 3 aliphatic rings. The van der Waals surface area contributed by atoms with E-state index in [2.05, 4.69) is 47.5 Å². The Labute approximate surface area is 109 Å². The lowest BCUT2D eigenvalue weighted by molar-refractivity contribution is 0.187. The molecule has 2 bridgehead atoms. The van der Waals surface area contributed by atoms with E-state index in [0.717, 1.165) is 12.0 Å². The van der Waals surface area contributed by atoms with Crippen LogP contribution in [0.4, 0.5) is 0 Å². The lowest BCUT2D eigenvalue weighted by Crippen LogP contribution is -2.50. The molecule has 1 aromatic carbocycles. The summed E-state index contributed by atoms with van der Waals surface area (Å²) in [4.78, 5) is 2.76. The van der Waals surface area contributed by atoms with Crippen molar-refractivity contribution in [1.82, 2.24) is 10.2 Å². The predicted molar refractivity (Wildman–Crippen MR) is 73.4 cm³/mol. The number of benzene rings is 1. The van der Waals surface area contributed by atoms with Gasteiger partial charge in [0.05, 0.1) is 0 Å². The minimum Gasteiger partial charge on any atom is -0.305 e. The maximum absolute atomic E-state index is 3.94. The number of nitrogens with one attached hydrogen (secondary N) is 1. The number of hydrogen-bond acceptors (Lipinski definition) is 2. The van der Waals surface area contributed by atoms with Gasteiger partial charge in [0.15, 0.2) is 0 Å². The first kappa shape index (κ1) is 11.0. The first-order chi connectivity index (χ1) is 8.79. The van der Waals surface area contributed by atoms with Crippen LogP contribution in [0, 0.1) is 5.92 Å². The molecule has 0 aromatic heterocycles. The number of hydrogen-bond donors (Lipinski definition) is 1. The Balaban J connectivity index is 1.52. The molecule has 0 amide bonds. The van der Waals surface area contributed by atoms with Crippen molar-refractivity contribution in [3.8, 4) is 0 Å². The molecule has 2 saturated heterocycles. The molecule has 1 spiro atoms. The first-order valence-corrected chi connectivity index (χ1v) is 7.36. The van der Waals surface area contributed by atoms with Crippen molar-refractivity contribution < 1.29 is 0 Å². The van der Waals surface area contributed by atoms with Crippen LogP contribution in [-0.2, 0) is 0 Å². The number of fused-ring (bicyclic) bond motifs is 3. The van der Waals surface area contributed by atoms with Crippen LogP contribution in [0.3, 0.4) is 0 Å². The normalized spacial score (nSPS) is 37.1. The van der Waals surface area contributed by atoms with Crippen LogP contribution in [0.5, 0.6) is 0 Å². The van der Waals surface area contributed by atoms with Gasteiger partial charge in [-0.1, -0.05) is 30.3 Å². The minimum atomic E-state index is 0.481. The molecular weight excluding hydrogens is 220 g/mol. The lowest BCUT2D eigenvalue weighted by atomic mass is 9.90. The van der Waals surface area contributed by atoms with Crippen molar-refractivity contribution in [1.29, 1.82) is 0 Å². The van der Waals surface area contributed by atoms with Crippen LogP contribution in [0.15, 0.2) is 30.3 Å². The first-order valence-electron chi connectivity index (χ1n) is 7.36. The van der Waals surface area contributed by atoms with E-state index in [4.69, 9.17) is 0 Å². The fraction of sp³-hybridized carbons (Fsp3) is 0.625. The Morgan fingerprint density at radius 2 is 2.06 bits per heavy atom. The third-order valence-corrected chi connectivity index (χ3v) is 5.40. The van der Waals surface area contributed by atoms with Crippen LogP contribution in [-0.4, -0.2) is 29.6 Å². The zero-order valence-corrected chi connectivity index (χ0v) is 11.1. The summed E-state index contributed by atoms with van der Waals surface area (Å²) in [6, 6.07) is 12.1. The summed E-state index contributed by atoms with van der Waals surface area (Å²) in [5.41, 5.74) is 1.98. The highest BCUT2D eigenvalue weighted by atomic mass is 15.3. The van der Waals surface area contributed by atoms with E-state index in [1.165, 1.54) is 37.9 Å². The molecule has 2 heterocycles. The summed E-state index contributed by atoms with van der Waals surface area (Å²) in [7, 11) is 0. The molecule has 18 heavy (non-hydrogen) atoms. The van der Waals surface area contributed by atoms with Crippen LogP contribution >= 0.6 is 0 Å². The number of piperidine rings is 1. The highest BCUT2D eigenvalue weighted by Crippen LogP contribution is 2.55. The van der Waals surface area contributed by atoms with Crippen LogP contribution in [0.2, 0.25) is 0 Å². The van der Waals surface area contributed by atoms with E-state index >= 15 is 0 Å². The predicted octanol–water partition coefficient (Wildman–Crippen LogP) is 2.57. The van der Waals surface area contributed by atoms with Gasteiger partial charge in [0.2, 0.25) is 0 Å². The molecule has 96 valence electrons.